The highest BCUT2D eigenvalue weighted by molar-refractivity contribution is 6.02. The first-order valence-corrected chi connectivity index (χ1v) is 8.91. The summed E-state index contributed by atoms with van der Waals surface area (Å²) < 4.78 is 5.46. The average molecular weight is 338 g/mol. The van der Waals surface area contributed by atoms with Crippen LogP contribution >= 0.6 is 0 Å². The van der Waals surface area contributed by atoms with E-state index in [0.29, 0.717) is 18.7 Å². The summed E-state index contributed by atoms with van der Waals surface area (Å²) in [6, 6.07) is 7.41. The van der Waals surface area contributed by atoms with Crippen molar-refractivity contribution in [2.45, 2.75) is 45.1 Å². The Bertz CT molecular complexity index is 807. The smallest absolute Gasteiger partial charge is 0.287 e. The lowest BCUT2D eigenvalue weighted by Gasteiger charge is -2.32. The molecule has 1 aromatic heterocycles. The third-order valence-corrected chi connectivity index (χ3v) is 5.15. The predicted molar refractivity (Wildman–Crippen MR) is 94.8 cm³/mol. The fraction of sp³-hybridized carbons (Fsp3) is 0.400. The summed E-state index contributed by atoms with van der Waals surface area (Å²) in [5, 5.41) is 2.89. The van der Waals surface area contributed by atoms with Crippen molar-refractivity contribution in [2.24, 2.45) is 0 Å². The van der Waals surface area contributed by atoms with Crippen molar-refractivity contribution in [1.82, 2.24) is 5.32 Å². The Hall–Kier alpha value is -2.56. The number of nitrogens with zero attached hydrogens (tertiary/aromatic N) is 1. The van der Waals surface area contributed by atoms with Gasteiger partial charge in [-0.15, -0.1) is 0 Å². The van der Waals surface area contributed by atoms with E-state index in [1.807, 2.05) is 31.2 Å². The zero-order chi connectivity index (χ0) is 17.4. The van der Waals surface area contributed by atoms with Crippen LogP contribution in [-0.4, -0.2) is 24.4 Å². The van der Waals surface area contributed by atoms with E-state index in [2.05, 4.69) is 5.32 Å². The van der Waals surface area contributed by atoms with E-state index in [1.54, 1.807) is 11.2 Å². The van der Waals surface area contributed by atoms with Crippen LogP contribution in [0.2, 0.25) is 0 Å². The highest BCUT2D eigenvalue weighted by atomic mass is 16.3. The monoisotopic (exact) mass is 338 g/mol. The number of furan rings is 1. The highest BCUT2D eigenvalue weighted by Crippen LogP contribution is 2.27. The molecular weight excluding hydrogens is 316 g/mol. The van der Waals surface area contributed by atoms with Crippen LogP contribution in [0.3, 0.4) is 0 Å². The summed E-state index contributed by atoms with van der Waals surface area (Å²) in [7, 11) is 0. The van der Waals surface area contributed by atoms with Gasteiger partial charge in [-0.3, -0.25) is 9.59 Å². The number of anilines is 1. The molecule has 0 saturated carbocycles. The van der Waals surface area contributed by atoms with E-state index < -0.39 is 6.04 Å². The Morgan fingerprint density at radius 2 is 2.00 bits per heavy atom. The summed E-state index contributed by atoms with van der Waals surface area (Å²) in [6.07, 6.45) is 6.11. The fourth-order valence-electron chi connectivity index (χ4n) is 3.76. The van der Waals surface area contributed by atoms with E-state index in [4.69, 9.17) is 4.42 Å². The Morgan fingerprint density at radius 3 is 2.80 bits per heavy atom. The Kier molecular flexibility index (Phi) is 4.07. The van der Waals surface area contributed by atoms with Crippen LogP contribution in [0.25, 0.3) is 0 Å². The summed E-state index contributed by atoms with van der Waals surface area (Å²) in [5.41, 5.74) is 4.18. The normalized spacial score (nSPS) is 19.8. The number of aryl methyl sites for hydroxylation is 2. The fourth-order valence-corrected chi connectivity index (χ4v) is 3.76. The lowest BCUT2D eigenvalue weighted by atomic mass is 10.0. The van der Waals surface area contributed by atoms with Gasteiger partial charge in [0.15, 0.2) is 5.76 Å². The number of hydrogen-bond acceptors (Lipinski definition) is 3. The van der Waals surface area contributed by atoms with Gasteiger partial charge in [0.2, 0.25) is 5.91 Å². The van der Waals surface area contributed by atoms with Crippen LogP contribution in [0.15, 0.2) is 34.9 Å². The third-order valence-electron chi connectivity index (χ3n) is 5.15. The first-order valence-electron chi connectivity index (χ1n) is 8.91. The van der Waals surface area contributed by atoms with Gasteiger partial charge >= 0.3 is 0 Å². The Morgan fingerprint density at radius 1 is 1.20 bits per heavy atom. The molecule has 1 unspecified atom stereocenters. The van der Waals surface area contributed by atoms with Crippen molar-refractivity contribution in [1.29, 1.82) is 0 Å². The standard InChI is InChI=1S/C20H22N2O3/c1-13-7-9-15(10-8-13)22-11-3-6-17(20(22)24)21-19(23)18-16-5-2-4-14(16)12-25-18/h7-10,12,17H,2-6,11H2,1H3,(H,21,23). The molecule has 4 rings (SSSR count). The highest BCUT2D eigenvalue weighted by Gasteiger charge is 2.33. The number of benzene rings is 1. The van der Waals surface area contributed by atoms with E-state index in [1.165, 1.54) is 0 Å². The number of amides is 2. The molecule has 25 heavy (non-hydrogen) atoms. The summed E-state index contributed by atoms with van der Waals surface area (Å²) in [5.74, 6) is 0.0617. The quantitative estimate of drug-likeness (QED) is 0.936. The van der Waals surface area contributed by atoms with Crippen molar-refractivity contribution >= 4 is 17.5 Å². The molecule has 1 atom stereocenters. The van der Waals surface area contributed by atoms with Gasteiger partial charge in [0, 0.05) is 17.8 Å². The summed E-state index contributed by atoms with van der Waals surface area (Å²) >= 11 is 0. The molecule has 2 aliphatic rings. The molecule has 0 spiro atoms. The molecule has 1 N–H and O–H groups in total. The first-order chi connectivity index (χ1) is 12.1. The van der Waals surface area contributed by atoms with Crippen molar-refractivity contribution < 1.29 is 14.0 Å². The van der Waals surface area contributed by atoms with Crippen molar-refractivity contribution in [2.75, 3.05) is 11.4 Å². The molecule has 2 heterocycles. The molecule has 0 bridgehead atoms. The minimum absolute atomic E-state index is 0.0494. The molecule has 130 valence electrons. The first kappa shape index (κ1) is 15.9. The maximum absolute atomic E-state index is 12.8. The lowest BCUT2D eigenvalue weighted by Crippen LogP contribution is -2.52. The third kappa shape index (κ3) is 2.95. The molecule has 1 aromatic carbocycles. The van der Waals surface area contributed by atoms with Gasteiger partial charge in [-0.05, 0) is 56.7 Å². The summed E-state index contributed by atoms with van der Waals surface area (Å²) in [6.45, 7) is 2.71. The van der Waals surface area contributed by atoms with Crippen LogP contribution in [0.4, 0.5) is 5.69 Å². The molecule has 1 saturated heterocycles. The Labute approximate surface area is 147 Å². The molecule has 0 radical (unpaired) electrons. The second-order valence-corrected chi connectivity index (χ2v) is 6.92. The van der Waals surface area contributed by atoms with E-state index in [-0.39, 0.29) is 11.8 Å². The second-order valence-electron chi connectivity index (χ2n) is 6.92. The molecule has 1 aliphatic heterocycles. The van der Waals surface area contributed by atoms with Gasteiger partial charge in [0.1, 0.15) is 6.04 Å². The average Bonchev–Trinajstić information content (AvgIpc) is 3.21. The van der Waals surface area contributed by atoms with Crippen LogP contribution in [0.5, 0.6) is 0 Å². The van der Waals surface area contributed by atoms with Gasteiger partial charge < -0.3 is 14.6 Å². The SMILES string of the molecule is Cc1ccc(N2CCCC(NC(=O)c3occ4c3CCC4)C2=O)cc1. The van der Waals surface area contributed by atoms with E-state index in [0.717, 1.165) is 48.1 Å². The van der Waals surface area contributed by atoms with Gasteiger partial charge in [-0.2, -0.15) is 0 Å². The number of piperidine rings is 1. The van der Waals surface area contributed by atoms with Crippen LogP contribution in [-0.2, 0) is 17.6 Å². The molecule has 2 aromatic rings. The molecule has 5 heteroatoms. The van der Waals surface area contributed by atoms with Crippen molar-refractivity contribution in [3.05, 3.63) is 53.0 Å². The largest absolute Gasteiger partial charge is 0.459 e. The number of hydrogen-bond donors (Lipinski definition) is 1. The lowest BCUT2D eigenvalue weighted by molar-refractivity contribution is -0.121. The zero-order valence-electron chi connectivity index (χ0n) is 14.4. The number of fused-ring (bicyclic) bond motifs is 1. The minimum Gasteiger partial charge on any atom is -0.459 e. The second kappa shape index (κ2) is 6.39. The minimum atomic E-state index is -0.496. The van der Waals surface area contributed by atoms with Gasteiger partial charge in [0.05, 0.1) is 6.26 Å². The van der Waals surface area contributed by atoms with Gasteiger partial charge in [-0.25, -0.2) is 0 Å². The summed E-state index contributed by atoms with van der Waals surface area (Å²) in [4.78, 5) is 27.2. The van der Waals surface area contributed by atoms with Crippen LogP contribution < -0.4 is 10.2 Å². The molecule has 5 nitrogen and oxygen atoms in total. The maximum Gasteiger partial charge on any atom is 0.287 e. The van der Waals surface area contributed by atoms with E-state index >= 15 is 0 Å². The molecular formula is C20H22N2O3. The van der Waals surface area contributed by atoms with Crippen molar-refractivity contribution in [3.63, 3.8) is 0 Å². The van der Waals surface area contributed by atoms with E-state index in [9.17, 15) is 9.59 Å². The number of carbonyl (C=O) groups is 2. The number of nitrogens with one attached hydrogen (secondary N) is 1. The molecule has 1 fully saturated rings. The molecule has 1 aliphatic carbocycles. The maximum atomic E-state index is 12.8. The zero-order valence-corrected chi connectivity index (χ0v) is 14.4. The van der Waals surface area contributed by atoms with Crippen molar-refractivity contribution in [3.8, 4) is 0 Å². The van der Waals surface area contributed by atoms with Gasteiger partial charge in [0.25, 0.3) is 5.91 Å². The van der Waals surface area contributed by atoms with Crippen LogP contribution in [0.1, 0.15) is 46.5 Å². The molecule has 2 amide bonds. The van der Waals surface area contributed by atoms with Crippen LogP contribution in [0, 0.1) is 6.92 Å². The number of carbonyl (C=O) groups excluding carboxylic acids is 2. The number of rotatable bonds is 3. The Balaban J connectivity index is 1.49. The van der Waals surface area contributed by atoms with Gasteiger partial charge in [-0.1, -0.05) is 17.7 Å². The predicted octanol–water partition coefficient (Wildman–Crippen LogP) is 3.00. The topological polar surface area (TPSA) is 62.6 Å².